The fourth-order valence-corrected chi connectivity index (χ4v) is 2.32. The number of nitrogens with one attached hydrogen (secondary N) is 1. The van der Waals surface area contributed by atoms with Crippen LogP contribution < -0.4 is 14.8 Å². The zero-order valence-corrected chi connectivity index (χ0v) is 12.1. The molecule has 5 heteroatoms. The fourth-order valence-electron chi connectivity index (χ4n) is 2.32. The molecule has 1 aromatic heterocycles. The average molecular weight is 285 g/mol. The van der Waals surface area contributed by atoms with Gasteiger partial charge in [0.05, 0.1) is 5.69 Å². The third-order valence-electron chi connectivity index (χ3n) is 3.50. The molecule has 1 N–H and O–H groups in total. The van der Waals surface area contributed by atoms with Crippen molar-refractivity contribution in [2.75, 3.05) is 19.8 Å². The van der Waals surface area contributed by atoms with Crippen LogP contribution in [0.4, 0.5) is 0 Å². The minimum Gasteiger partial charge on any atom is -0.486 e. The van der Waals surface area contributed by atoms with Crippen molar-refractivity contribution in [1.29, 1.82) is 0 Å². The quantitative estimate of drug-likeness (QED) is 0.912. The first-order chi connectivity index (χ1) is 10.3. The lowest BCUT2D eigenvalue weighted by Crippen LogP contribution is -2.22. The van der Waals surface area contributed by atoms with Gasteiger partial charge in [0.1, 0.15) is 13.2 Å². The molecule has 2 heterocycles. The van der Waals surface area contributed by atoms with Crippen molar-refractivity contribution in [3.05, 3.63) is 48.0 Å². The van der Waals surface area contributed by atoms with Crippen LogP contribution in [0.3, 0.4) is 0 Å². The van der Waals surface area contributed by atoms with Crippen LogP contribution in [0.5, 0.6) is 11.5 Å². The van der Waals surface area contributed by atoms with E-state index in [1.807, 2.05) is 6.07 Å². The smallest absolute Gasteiger partial charge is 0.161 e. The Hall–Kier alpha value is -2.14. The zero-order chi connectivity index (χ0) is 14.5. The Morgan fingerprint density at radius 2 is 2.05 bits per heavy atom. The minimum absolute atomic E-state index is 0.191. The van der Waals surface area contributed by atoms with Crippen molar-refractivity contribution < 1.29 is 9.47 Å². The first kappa shape index (κ1) is 13.8. The van der Waals surface area contributed by atoms with Crippen LogP contribution in [0, 0.1) is 0 Å². The van der Waals surface area contributed by atoms with E-state index in [0.717, 1.165) is 30.2 Å². The highest BCUT2D eigenvalue weighted by atomic mass is 16.6. The Balaban J connectivity index is 1.53. The molecular weight excluding hydrogens is 266 g/mol. The molecule has 1 atom stereocenters. The lowest BCUT2D eigenvalue weighted by molar-refractivity contribution is 0.171. The molecule has 0 amide bonds. The maximum atomic E-state index is 5.60. The highest BCUT2D eigenvalue weighted by molar-refractivity contribution is 5.43. The van der Waals surface area contributed by atoms with Gasteiger partial charge in [-0.25, -0.2) is 0 Å². The largest absolute Gasteiger partial charge is 0.486 e. The van der Waals surface area contributed by atoms with Crippen molar-refractivity contribution in [2.24, 2.45) is 0 Å². The molecule has 110 valence electrons. The van der Waals surface area contributed by atoms with E-state index < -0.39 is 0 Å². The Kier molecular flexibility index (Phi) is 4.31. The minimum atomic E-state index is 0.191. The highest BCUT2D eigenvalue weighted by Crippen LogP contribution is 2.30. The van der Waals surface area contributed by atoms with Crippen LogP contribution in [0.2, 0.25) is 0 Å². The molecule has 5 nitrogen and oxygen atoms in total. The van der Waals surface area contributed by atoms with Gasteiger partial charge in [0.25, 0.3) is 0 Å². The van der Waals surface area contributed by atoms with Crippen LogP contribution in [0.25, 0.3) is 0 Å². The van der Waals surface area contributed by atoms with Crippen LogP contribution >= 0.6 is 0 Å². The monoisotopic (exact) mass is 285 g/mol. The summed E-state index contributed by atoms with van der Waals surface area (Å²) in [5.41, 5.74) is 2.19. The predicted octanol–water partition coefficient (Wildman–Crippen LogP) is 2.14. The molecule has 2 aromatic rings. The lowest BCUT2D eigenvalue weighted by Gasteiger charge is -2.19. The van der Waals surface area contributed by atoms with Crippen molar-refractivity contribution >= 4 is 0 Å². The summed E-state index contributed by atoms with van der Waals surface area (Å²) < 4.78 is 11.1. The van der Waals surface area contributed by atoms with E-state index in [9.17, 15) is 0 Å². The van der Waals surface area contributed by atoms with Gasteiger partial charge in [-0.3, -0.25) is 9.97 Å². The van der Waals surface area contributed by atoms with Crippen LogP contribution in [-0.2, 0) is 6.42 Å². The van der Waals surface area contributed by atoms with Crippen molar-refractivity contribution in [1.82, 2.24) is 15.3 Å². The summed E-state index contributed by atoms with van der Waals surface area (Å²) in [7, 11) is 0. The summed E-state index contributed by atoms with van der Waals surface area (Å²) in [4.78, 5) is 8.39. The third kappa shape index (κ3) is 3.49. The van der Waals surface area contributed by atoms with Gasteiger partial charge in [-0.15, -0.1) is 0 Å². The SMILES string of the molecule is CC(NCCc1ccc2c(c1)OCCO2)c1cnccn1. The highest BCUT2D eigenvalue weighted by Gasteiger charge is 2.12. The van der Waals surface area contributed by atoms with Gasteiger partial charge in [0.15, 0.2) is 11.5 Å². The van der Waals surface area contributed by atoms with Gasteiger partial charge in [-0.1, -0.05) is 6.07 Å². The molecule has 0 fully saturated rings. The van der Waals surface area contributed by atoms with Crippen molar-refractivity contribution in [2.45, 2.75) is 19.4 Å². The molecule has 0 aliphatic carbocycles. The van der Waals surface area contributed by atoms with E-state index in [4.69, 9.17) is 9.47 Å². The molecule has 1 aliphatic heterocycles. The summed E-state index contributed by atoms with van der Waals surface area (Å²) >= 11 is 0. The van der Waals surface area contributed by atoms with Gasteiger partial charge in [-0.2, -0.15) is 0 Å². The van der Waals surface area contributed by atoms with E-state index in [1.165, 1.54) is 5.56 Å². The number of nitrogens with zero attached hydrogens (tertiary/aromatic N) is 2. The van der Waals surface area contributed by atoms with Crippen LogP contribution in [0.1, 0.15) is 24.2 Å². The van der Waals surface area contributed by atoms with E-state index in [1.54, 1.807) is 18.6 Å². The van der Waals surface area contributed by atoms with Crippen LogP contribution in [-0.4, -0.2) is 29.7 Å². The van der Waals surface area contributed by atoms with E-state index in [2.05, 4.69) is 34.3 Å². The van der Waals surface area contributed by atoms with Gasteiger partial charge < -0.3 is 14.8 Å². The predicted molar refractivity (Wildman–Crippen MR) is 79.6 cm³/mol. The number of aromatic nitrogens is 2. The third-order valence-corrected chi connectivity index (χ3v) is 3.50. The van der Waals surface area contributed by atoms with Gasteiger partial charge >= 0.3 is 0 Å². The standard InChI is InChI=1S/C16H19N3O2/c1-12(14-11-17-6-7-19-14)18-5-4-13-2-3-15-16(10-13)21-9-8-20-15/h2-3,6-7,10-12,18H,4-5,8-9H2,1H3. The maximum absolute atomic E-state index is 5.60. The summed E-state index contributed by atoms with van der Waals surface area (Å²) in [6.45, 7) is 4.22. The number of hydrogen-bond acceptors (Lipinski definition) is 5. The van der Waals surface area contributed by atoms with E-state index in [0.29, 0.717) is 13.2 Å². The average Bonchev–Trinajstić information content (AvgIpc) is 2.55. The van der Waals surface area contributed by atoms with Crippen molar-refractivity contribution in [3.63, 3.8) is 0 Å². The van der Waals surface area contributed by atoms with Gasteiger partial charge in [0.2, 0.25) is 0 Å². The molecule has 1 aliphatic rings. The number of rotatable bonds is 5. The molecule has 3 rings (SSSR count). The summed E-state index contributed by atoms with van der Waals surface area (Å²) in [6, 6.07) is 6.32. The second-order valence-electron chi connectivity index (χ2n) is 5.03. The molecule has 0 radical (unpaired) electrons. The molecular formula is C16H19N3O2. The molecule has 0 spiro atoms. The van der Waals surface area contributed by atoms with Crippen molar-refractivity contribution in [3.8, 4) is 11.5 Å². The Morgan fingerprint density at radius 3 is 2.86 bits per heavy atom. The molecule has 1 aromatic carbocycles. The maximum Gasteiger partial charge on any atom is 0.161 e. The number of ether oxygens (including phenoxy) is 2. The Morgan fingerprint density at radius 1 is 1.19 bits per heavy atom. The summed E-state index contributed by atoms with van der Waals surface area (Å²) in [5, 5.41) is 3.45. The molecule has 1 unspecified atom stereocenters. The topological polar surface area (TPSA) is 56.3 Å². The lowest BCUT2D eigenvalue weighted by atomic mass is 10.1. The van der Waals surface area contributed by atoms with E-state index in [-0.39, 0.29) is 6.04 Å². The van der Waals surface area contributed by atoms with Gasteiger partial charge in [-0.05, 0) is 37.6 Å². The second-order valence-corrected chi connectivity index (χ2v) is 5.03. The van der Waals surface area contributed by atoms with E-state index >= 15 is 0 Å². The molecule has 0 saturated carbocycles. The molecule has 0 bridgehead atoms. The normalized spacial score (nSPS) is 14.7. The molecule has 0 saturated heterocycles. The summed E-state index contributed by atoms with van der Waals surface area (Å²) in [5.74, 6) is 1.69. The Labute approximate surface area is 124 Å². The zero-order valence-electron chi connectivity index (χ0n) is 12.1. The summed E-state index contributed by atoms with van der Waals surface area (Å²) in [6.07, 6.45) is 6.13. The number of hydrogen-bond donors (Lipinski definition) is 1. The fraction of sp³-hybridized carbons (Fsp3) is 0.375. The van der Waals surface area contributed by atoms with Crippen LogP contribution in [0.15, 0.2) is 36.8 Å². The Bertz CT molecular complexity index is 589. The molecule has 21 heavy (non-hydrogen) atoms. The first-order valence-corrected chi connectivity index (χ1v) is 7.21. The second kappa shape index (κ2) is 6.54. The van der Waals surface area contributed by atoms with Gasteiger partial charge in [0, 0.05) is 24.6 Å². The first-order valence-electron chi connectivity index (χ1n) is 7.21. The number of benzene rings is 1. The number of fused-ring (bicyclic) bond motifs is 1.